The molecular formula is C16H19ClN4O4S. The van der Waals surface area contributed by atoms with Gasteiger partial charge in [-0.15, -0.1) is 0 Å². The molecule has 1 fully saturated rings. The molecule has 3 rings (SSSR count). The van der Waals surface area contributed by atoms with E-state index in [4.69, 9.17) is 11.6 Å². The number of piperazine rings is 1. The lowest BCUT2D eigenvalue weighted by atomic mass is 10.1. The van der Waals surface area contributed by atoms with Gasteiger partial charge in [-0.05, 0) is 11.6 Å². The van der Waals surface area contributed by atoms with Crippen LogP contribution in [-0.4, -0.2) is 41.5 Å². The van der Waals surface area contributed by atoms with Crippen molar-refractivity contribution in [3.8, 4) is 0 Å². The number of aromatic nitrogens is 2. The zero-order chi connectivity index (χ0) is 19.1. The maximum atomic E-state index is 13.2. The highest BCUT2D eigenvalue weighted by atomic mass is 35.5. The van der Waals surface area contributed by atoms with Gasteiger partial charge < -0.3 is 9.88 Å². The fourth-order valence-electron chi connectivity index (χ4n) is 3.06. The van der Waals surface area contributed by atoms with Crippen LogP contribution in [0.1, 0.15) is 11.6 Å². The third kappa shape index (κ3) is 3.11. The molecule has 1 aliphatic heterocycles. The summed E-state index contributed by atoms with van der Waals surface area (Å²) in [6.45, 7) is 1.01. The molecule has 0 aliphatic carbocycles. The molecule has 140 valence electrons. The van der Waals surface area contributed by atoms with Gasteiger partial charge in [0.1, 0.15) is 0 Å². The Balaban J connectivity index is 2.15. The Kier molecular flexibility index (Phi) is 5.07. The highest BCUT2D eigenvalue weighted by Gasteiger charge is 2.37. The second-order valence-electron chi connectivity index (χ2n) is 6.11. The minimum absolute atomic E-state index is 0.185. The lowest BCUT2D eigenvalue weighted by molar-refractivity contribution is 0.271. The molecule has 0 bridgehead atoms. The van der Waals surface area contributed by atoms with E-state index in [1.54, 1.807) is 24.3 Å². The van der Waals surface area contributed by atoms with Crippen LogP contribution in [0.4, 0.5) is 0 Å². The average Bonchev–Trinajstić information content (AvgIpc) is 2.63. The predicted octanol–water partition coefficient (Wildman–Crippen LogP) is 0.0726. The minimum Gasteiger partial charge on any atom is -0.313 e. The molecule has 0 amide bonds. The van der Waals surface area contributed by atoms with Crippen molar-refractivity contribution < 1.29 is 8.42 Å². The van der Waals surface area contributed by atoms with Crippen LogP contribution in [0.15, 0.2) is 44.9 Å². The van der Waals surface area contributed by atoms with E-state index in [-0.39, 0.29) is 6.54 Å². The highest BCUT2D eigenvalue weighted by Crippen LogP contribution is 2.31. The van der Waals surface area contributed by atoms with Crippen LogP contribution in [0.3, 0.4) is 0 Å². The summed E-state index contributed by atoms with van der Waals surface area (Å²) in [5, 5.41) is 3.61. The number of benzene rings is 1. The number of sulfonamides is 1. The largest absolute Gasteiger partial charge is 0.330 e. The summed E-state index contributed by atoms with van der Waals surface area (Å²) < 4.78 is 29.6. The Bertz CT molecular complexity index is 1060. The first-order chi connectivity index (χ1) is 12.2. The van der Waals surface area contributed by atoms with Crippen LogP contribution >= 0.6 is 11.6 Å². The number of aryl methyl sites for hydroxylation is 1. The normalized spacial score (nSPS) is 18.8. The van der Waals surface area contributed by atoms with Gasteiger partial charge in [-0.2, -0.15) is 4.31 Å². The molecule has 10 heteroatoms. The van der Waals surface area contributed by atoms with Crippen molar-refractivity contribution in [3.05, 3.63) is 61.9 Å². The maximum Gasteiger partial charge on any atom is 0.330 e. The van der Waals surface area contributed by atoms with E-state index in [2.05, 4.69) is 5.32 Å². The monoisotopic (exact) mass is 398 g/mol. The summed E-state index contributed by atoms with van der Waals surface area (Å²) in [7, 11) is -1.46. The molecule has 0 spiro atoms. The number of nitrogens with one attached hydrogen (secondary N) is 1. The quantitative estimate of drug-likeness (QED) is 0.789. The number of rotatable bonds is 3. The number of hydrogen-bond donors (Lipinski definition) is 1. The average molecular weight is 399 g/mol. The summed E-state index contributed by atoms with van der Waals surface area (Å²) in [6.07, 6.45) is 1.08. The molecule has 0 saturated carbocycles. The summed E-state index contributed by atoms with van der Waals surface area (Å²) in [5.41, 5.74) is -0.770. The van der Waals surface area contributed by atoms with Crippen molar-refractivity contribution in [2.24, 2.45) is 14.1 Å². The minimum atomic E-state index is -4.13. The molecule has 1 aromatic heterocycles. The summed E-state index contributed by atoms with van der Waals surface area (Å²) in [4.78, 5) is 23.9. The summed E-state index contributed by atoms with van der Waals surface area (Å²) >= 11 is 6.26. The van der Waals surface area contributed by atoms with Gasteiger partial charge in [-0.25, -0.2) is 13.2 Å². The van der Waals surface area contributed by atoms with Crippen LogP contribution in [0.2, 0.25) is 5.02 Å². The van der Waals surface area contributed by atoms with Gasteiger partial charge in [0.05, 0.1) is 6.04 Å². The topological polar surface area (TPSA) is 93.4 Å². The molecule has 1 aliphatic rings. The zero-order valence-electron chi connectivity index (χ0n) is 14.3. The maximum absolute atomic E-state index is 13.2. The molecule has 2 heterocycles. The van der Waals surface area contributed by atoms with Gasteiger partial charge >= 0.3 is 5.69 Å². The molecule has 8 nitrogen and oxygen atoms in total. The lowest BCUT2D eigenvalue weighted by Crippen LogP contribution is -2.50. The van der Waals surface area contributed by atoms with Crippen molar-refractivity contribution in [1.82, 2.24) is 18.8 Å². The van der Waals surface area contributed by atoms with Crippen LogP contribution in [0, 0.1) is 0 Å². The van der Waals surface area contributed by atoms with Gasteiger partial charge in [-0.1, -0.05) is 29.8 Å². The number of nitrogens with zero attached hydrogens (tertiary/aromatic N) is 3. The van der Waals surface area contributed by atoms with E-state index in [1.165, 1.54) is 18.4 Å². The number of hydrogen-bond acceptors (Lipinski definition) is 5. The molecule has 0 radical (unpaired) electrons. The smallest absolute Gasteiger partial charge is 0.313 e. The zero-order valence-corrected chi connectivity index (χ0v) is 15.9. The third-order valence-corrected chi connectivity index (χ3v) is 6.69. The first-order valence-electron chi connectivity index (χ1n) is 7.99. The molecule has 1 saturated heterocycles. The van der Waals surface area contributed by atoms with E-state index >= 15 is 0 Å². The molecule has 1 aromatic carbocycles. The van der Waals surface area contributed by atoms with Crippen LogP contribution in [-0.2, 0) is 24.1 Å². The Morgan fingerprint density at radius 3 is 2.58 bits per heavy atom. The van der Waals surface area contributed by atoms with Crippen LogP contribution in [0.5, 0.6) is 0 Å². The van der Waals surface area contributed by atoms with Gasteiger partial charge in [0.25, 0.3) is 15.6 Å². The number of halogens is 1. The first kappa shape index (κ1) is 18.8. The standard InChI is InChI=1S/C16H19ClN4O4S/c1-19-10-14(15(22)20(2)16(19)23)26(24,25)21-8-7-18-9-13(21)11-5-3-4-6-12(11)17/h3-6,10,13,18H,7-9H2,1-2H3. The fourth-order valence-corrected chi connectivity index (χ4v) is 5.08. The van der Waals surface area contributed by atoms with E-state index in [0.29, 0.717) is 23.7 Å². The third-order valence-electron chi connectivity index (χ3n) is 4.46. The first-order valence-corrected chi connectivity index (χ1v) is 9.80. The van der Waals surface area contributed by atoms with E-state index < -0.39 is 32.2 Å². The van der Waals surface area contributed by atoms with Crippen molar-refractivity contribution >= 4 is 21.6 Å². The molecular weight excluding hydrogens is 380 g/mol. The van der Waals surface area contributed by atoms with Crippen molar-refractivity contribution in [1.29, 1.82) is 0 Å². The van der Waals surface area contributed by atoms with Crippen molar-refractivity contribution in [2.75, 3.05) is 19.6 Å². The second kappa shape index (κ2) is 6.99. The molecule has 26 heavy (non-hydrogen) atoms. The van der Waals surface area contributed by atoms with Gasteiger partial charge in [0.15, 0.2) is 4.90 Å². The van der Waals surface area contributed by atoms with E-state index in [9.17, 15) is 18.0 Å². The lowest BCUT2D eigenvalue weighted by Gasteiger charge is -2.35. The van der Waals surface area contributed by atoms with E-state index in [1.807, 2.05) is 0 Å². The molecule has 1 atom stereocenters. The van der Waals surface area contributed by atoms with Crippen molar-refractivity contribution in [2.45, 2.75) is 10.9 Å². The van der Waals surface area contributed by atoms with Gasteiger partial charge in [0.2, 0.25) is 0 Å². The molecule has 1 unspecified atom stereocenters. The molecule has 2 aromatic rings. The van der Waals surface area contributed by atoms with Crippen LogP contribution < -0.4 is 16.6 Å². The Hall–Kier alpha value is -1.94. The SMILES string of the molecule is Cn1cc(S(=O)(=O)N2CCNCC2c2ccccc2Cl)c(=O)n(C)c1=O. The Morgan fingerprint density at radius 1 is 1.19 bits per heavy atom. The van der Waals surface area contributed by atoms with Crippen LogP contribution in [0.25, 0.3) is 0 Å². The second-order valence-corrected chi connectivity index (χ2v) is 8.37. The predicted molar refractivity (Wildman–Crippen MR) is 97.9 cm³/mol. The Morgan fingerprint density at radius 2 is 1.88 bits per heavy atom. The van der Waals surface area contributed by atoms with Gasteiger partial charge in [-0.3, -0.25) is 9.36 Å². The summed E-state index contributed by atoms with van der Waals surface area (Å²) in [6, 6.07) is 6.46. The Labute approximate surface area is 155 Å². The summed E-state index contributed by atoms with van der Waals surface area (Å²) in [5.74, 6) is 0. The van der Waals surface area contributed by atoms with Gasteiger partial charge in [0, 0.05) is 44.9 Å². The highest BCUT2D eigenvalue weighted by molar-refractivity contribution is 7.89. The van der Waals surface area contributed by atoms with Crippen molar-refractivity contribution in [3.63, 3.8) is 0 Å². The fraction of sp³-hybridized carbons (Fsp3) is 0.375. The molecule has 1 N–H and O–H groups in total. The van der Waals surface area contributed by atoms with E-state index in [0.717, 1.165) is 15.3 Å².